The molecular formula is C17H24N4O3S. The first-order valence-electron chi connectivity index (χ1n) is 8.65. The lowest BCUT2D eigenvalue weighted by Gasteiger charge is -2.38. The molecule has 1 aromatic heterocycles. The van der Waals surface area contributed by atoms with E-state index in [1.807, 2.05) is 21.2 Å². The lowest BCUT2D eigenvalue weighted by atomic mass is 10.1. The largest absolute Gasteiger partial charge is 0.368 e. The van der Waals surface area contributed by atoms with Crippen LogP contribution in [0.4, 0.5) is 0 Å². The molecule has 3 amide bonds. The molecule has 2 aliphatic rings. The average molecular weight is 364 g/mol. The quantitative estimate of drug-likeness (QED) is 0.836. The van der Waals surface area contributed by atoms with Crippen molar-refractivity contribution in [2.24, 2.45) is 5.73 Å². The summed E-state index contributed by atoms with van der Waals surface area (Å²) in [5, 5.41) is 1.87. The summed E-state index contributed by atoms with van der Waals surface area (Å²) in [6.07, 6.45) is 1.57. The van der Waals surface area contributed by atoms with Crippen LogP contribution in [0.5, 0.6) is 0 Å². The number of nitrogens with zero attached hydrogens (tertiary/aromatic N) is 3. The molecule has 0 radical (unpaired) electrons. The fourth-order valence-electron chi connectivity index (χ4n) is 3.53. The van der Waals surface area contributed by atoms with Crippen LogP contribution in [0.25, 0.3) is 0 Å². The van der Waals surface area contributed by atoms with E-state index in [1.54, 1.807) is 17.9 Å². The van der Waals surface area contributed by atoms with Gasteiger partial charge in [0.15, 0.2) is 0 Å². The first-order valence-corrected chi connectivity index (χ1v) is 9.53. The second-order valence-corrected chi connectivity index (χ2v) is 7.52. The molecule has 0 bridgehead atoms. The Kier molecular flexibility index (Phi) is 5.39. The first-order chi connectivity index (χ1) is 12.0. The Balaban J connectivity index is 1.61. The van der Waals surface area contributed by atoms with E-state index < -0.39 is 0 Å². The Bertz CT molecular complexity index is 640. The van der Waals surface area contributed by atoms with Crippen molar-refractivity contribution >= 4 is 29.1 Å². The van der Waals surface area contributed by atoms with Crippen molar-refractivity contribution in [3.8, 4) is 0 Å². The number of hydrogen-bond acceptors (Lipinski definition) is 5. The number of thiophene rings is 1. The minimum atomic E-state index is -0.366. The maximum absolute atomic E-state index is 12.9. The summed E-state index contributed by atoms with van der Waals surface area (Å²) in [6.45, 7) is 4.80. The Labute approximate surface area is 151 Å². The molecule has 8 heteroatoms. The monoisotopic (exact) mass is 364 g/mol. The predicted molar refractivity (Wildman–Crippen MR) is 95.2 cm³/mol. The topological polar surface area (TPSA) is 87.0 Å². The highest BCUT2D eigenvalue weighted by Crippen LogP contribution is 2.24. The van der Waals surface area contributed by atoms with Crippen LogP contribution < -0.4 is 5.73 Å². The van der Waals surface area contributed by atoms with Crippen LogP contribution in [0.2, 0.25) is 0 Å². The van der Waals surface area contributed by atoms with Crippen molar-refractivity contribution in [3.05, 3.63) is 22.4 Å². The van der Waals surface area contributed by atoms with Gasteiger partial charge in [-0.2, -0.15) is 0 Å². The summed E-state index contributed by atoms with van der Waals surface area (Å²) >= 11 is 1.41. The molecule has 3 rings (SSSR count). The van der Waals surface area contributed by atoms with Gasteiger partial charge in [0, 0.05) is 32.7 Å². The van der Waals surface area contributed by atoms with E-state index in [2.05, 4.69) is 0 Å². The van der Waals surface area contributed by atoms with E-state index in [9.17, 15) is 14.4 Å². The van der Waals surface area contributed by atoms with Crippen molar-refractivity contribution < 1.29 is 14.4 Å². The van der Waals surface area contributed by atoms with Gasteiger partial charge in [0.2, 0.25) is 11.8 Å². The SMILES string of the molecule is CC(C(N)=O)N1CCN(C(=O)[C@@H]2CCCN2C(=O)c2cccs2)CC1. The van der Waals surface area contributed by atoms with Crippen molar-refractivity contribution in [2.45, 2.75) is 31.8 Å². The molecule has 3 heterocycles. The van der Waals surface area contributed by atoms with Crippen LogP contribution in [0.1, 0.15) is 29.4 Å². The van der Waals surface area contributed by atoms with Gasteiger partial charge in [-0.3, -0.25) is 19.3 Å². The summed E-state index contributed by atoms with van der Waals surface area (Å²) in [5.41, 5.74) is 5.35. The molecule has 0 aliphatic carbocycles. The fourth-order valence-corrected chi connectivity index (χ4v) is 4.21. The van der Waals surface area contributed by atoms with Gasteiger partial charge in [-0.15, -0.1) is 11.3 Å². The molecule has 2 N–H and O–H groups in total. The zero-order valence-electron chi connectivity index (χ0n) is 14.4. The van der Waals surface area contributed by atoms with Gasteiger partial charge in [0.1, 0.15) is 6.04 Å². The van der Waals surface area contributed by atoms with Gasteiger partial charge in [-0.25, -0.2) is 0 Å². The Morgan fingerprint density at radius 1 is 1.20 bits per heavy atom. The molecule has 25 heavy (non-hydrogen) atoms. The second-order valence-electron chi connectivity index (χ2n) is 6.57. The van der Waals surface area contributed by atoms with Gasteiger partial charge in [0.05, 0.1) is 10.9 Å². The predicted octanol–water partition coefficient (Wildman–Crippen LogP) is 0.371. The highest BCUT2D eigenvalue weighted by Gasteiger charge is 2.38. The van der Waals surface area contributed by atoms with Crippen LogP contribution in [0.3, 0.4) is 0 Å². The molecule has 136 valence electrons. The third kappa shape index (κ3) is 3.69. The number of nitrogens with two attached hydrogens (primary N) is 1. The molecule has 2 atom stereocenters. The van der Waals surface area contributed by atoms with Gasteiger partial charge in [-0.1, -0.05) is 6.07 Å². The lowest BCUT2D eigenvalue weighted by molar-refractivity contribution is -0.137. The van der Waals surface area contributed by atoms with Crippen molar-refractivity contribution in [1.82, 2.24) is 14.7 Å². The van der Waals surface area contributed by atoms with Crippen molar-refractivity contribution in [3.63, 3.8) is 0 Å². The minimum absolute atomic E-state index is 0.0220. The number of likely N-dealkylation sites (tertiary alicyclic amines) is 1. The molecule has 2 saturated heterocycles. The Hall–Kier alpha value is -1.93. The average Bonchev–Trinajstić information content (AvgIpc) is 3.31. The highest BCUT2D eigenvalue weighted by molar-refractivity contribution is 7.12. The van der Waals surface area contributed by atoms with Crippen LogP contribution in [-0.4, -0.2) is 77.2 Å². The maximum Gasteiger partial charge on any atom is 0.264 e. The van der Waals surface area contributed by atoms with Crippen molar-refractivity contribution in [2.75, 3.05) is 32.7 Å². The summed E-state index contributed by atoms with van der Waals surface area (Å²) in [7, 11) is 0. The zero-order chi connectivity index (χ0) is 18.0. The number of hydrogen-bond donors (Lipinski definition) is 1. The molecule has 1 aromatic rings. The van der Waals surface area contributed by atoms with E-state index in [0.29, 0.717) is 44.0 Å². The summed E-state index contributed by atoms with van der Waals surface area (Å²) in [6, 6.07) is 2.97. The van der Waals surface area contributed by atoms with Crippen LogP contribution in [-0.2, 0) is 9.59 Å². The Morgan fingerprint density at radius 3 is 2.52 bits per heavy atom. The number of primary amides is 1. The van der Waals surface area contributed by atoms with E-state index in [1.165, 1.54) is 11.3 Å². The van der Waals surface area contributed by atoms with Gasteiger partial charge >= 0.3 is 0 Å². The fraction of sp³-hybridized carbons (Fsp3) is 0.588. The number of carbonyl (C=O) groups excluding carboxylic acids is 3. The molecular weight excluding hydrogens is 340 g/mol. The maximum atomic E-state index is 12.9. The van der Waals surface area contributed by atoms with Crippen LogP contribution in [0, 0.1) is 0 Å². The smallest absolute Gasteiger partial charge is 0.264 e. The van der Waals surface area contributed by atoms with E-state index in [-0.39, 0.29) is 29.8 Å². The molecule has 0 spiro atoms. The number of piperazine rings is 1. The molecule has 2 aliphatic heterocycles. The summed E-state index contributed by atoms with van der Waals surface area (Å²) in [5.74, 6) is -0.371. The number of carbonyl (C=O) groups is 3. The lowest BCUT2D eigenvalue weighted by Crippen LogP contribution is -2.57. The van der Waals surface area contributed by atoms with E-state index in [4.69, 9.17) is 5.73 Å². The minimum Gasteiger partial charge on any atom is -0.368 e. The molecule has 2 fully saturated rings. The summed E-state index contributed by atoms with van der Waals surface area (Å²) < 4.78 is 0. The molecule has 0 saturated carbocycles. The first kappa shape index (κ1) is 17.9. The molecule has 0 aromatic carbocycles. The standard InChI is InChI=1S/C17H24N4O3S/c1-12(15(18)22)19-7-9-20(10-8-19)16(23)13-4-2-6-21(13)17(24)14-5-3-11-25-14/h3,5,11-13H,2,4,6-10H2,1H3,(H2,18,22)/t12?,13-/m0/s1. The molecule has 7 nitrogen and oxygen atoms in total. The van der Waals surface area contributed by atoms with E-state index in [0.717, 1.165) is 6.42 Å². The number of amides is 3. The number of rotatable bonds is 4. The van der Waals surface area contributed by atoms with Gasteiger partial charge < -0.3 is 15.5 Å². The molecule has 1 unspecified atom stereocenters. The van der Waals surface area contributed by atoms with Crippen LogP contribution >= 0.6 is 11.3 Å². The van der Waals surface area contributed by atoms with Crippen molar-refractivity contribution in [1.29, 1.82) is 0 Å². The zero-order valence-corrected chi connectivity index (χ0v) is 15.2. The van der Waals surface area contributed by atoms with Gasteiger partial charge in [-0.05, 0) is 31.2 Å². The normalized spacial score (nSPS) is 22.8. The van der Waals surface area contributed by atoms with Crippen LogP contribution in [0.15, 0.2) is 17.5 Å². The van der Waals surface area contributed by atoms with Gasteiger partial charge in [0.25, 0.3) is 5.91 Å². The third-order valence-electron chi connectivity index (χ3n) is 5.12. The van der Waals surface area contributed by atoms with E-state index >= 15 is 0 Å². The third-order valence-corrected chi connectivity index (χ3v) is 5.97. The highest BCUT2D eigenvalue weighted by atomic mass is 32.1. The Morgan fingerprint density at radius 2 is 1.92 bits per heavy atom. The second kappa shape index (κ2) is 7.53. The summed E-state index contributed by atoms with van der Waals surface area (Å²) in [4.78, 5) is 43.1.